The summed E-state index contributed by atoms with van der Waals surface area (Å²) < 4.78 is 9.94. The number of rotatable bonds is 4. The average molecular weight is 245 g/mol. The van der Waals surface area contributed by atoms with Crippen molar-refractivity contribution in [3.63, 3.8) is 0 Å². The van der Waals surface area contributed by atoms with Crippen molar-refractivity contribution >= 4 is 5.97 Å². The van der Waals surface area contributed by atoms with Crippen molar-refractivity contribution in [2.75, 3.05) is 7.11 Å². The first-order valence-corrected chi connectivity index (χ1v) is 5.68. The summed E-state index contributed by atoms with van der Waals surface area (Å²) in [6.45, 7) is 0. The molecular weight excluding hydrogens is 230 g/mol. The van der Waals surface area contributed by atoms with Crippen molar-refractivity contribution in [3.05, 3.63) is 59.5 Å². The first-order chi connectivity index (χ1) is 8.70. The number of carbonyl (C=O) groups excluding carboxylic acids is 1. The van der Waals surface area contributed by atoms with Crippen LogP contribution in [0.4, 0.5) is 0 Å². The molecule has 0 fully saturated rings. The van der Waals surface area contributed by atoms with Gasteiger partial charge in [-0.25, -0.2) is 4.79 Å². The number of ether oxygens (including phenoxy) is 1. The molecule has 0 aliphatic carbocycles. The Hall–Kier alpha value is -2.07. The zero-order valence-electron chi connectivity index (χ0n) is 10.1. The van der Waals surface area contributed by atoms with Crippen LogP contribution >= 0.6 is 0 Å². The number of esters is 1. The van der Waals surface area contributed by atoms with Crippen LogP contribution in [-0.4, -0.2) is 13.1 Å². The van der Waals surface area contributed by atoms with Gasteiger partial charge in [-0.1, -0.05) is 30.3 Å². The number of carbonyl (C=O) groups is 1. The predicted molar refractivity (Wildman–Crippen MR) is 67.1 cm³/mol. The third-order valence-corrected chi connectivity index (χ3v) is 2.68. The summed E-state index contributed by atoms with van der Waals surface area (Å²) in [5.74, 6) is 0.267. The minimum atomic E-state index is -0.492. The maximum Gasteiger partial charge on any atom is 0.373 e. The molecule has 1 atom stereocenters. The molecule has 0 saturated carbocycles. The second-order valence-electron chi connectivity index (χ2n) is 3.99. The van der Waals surface area contributed by atoms with E-state index in [2.05, 4.69) is 4.74 Å². The molecule has 0 saturated heterocycles. The monoisotopic (exact) mass is 245 g/mol. The Morgan fingerprint density at radius 2 is 2.00 bits per heavy atom. The molecule has 18 heavy (non-hydrogen) atoms. The van der Waals surface area contributed by atoms with Gasteiger partial charge >= 0.3 is 5.97 Å². The lowest BCUT2D eigenvalue weighted by Gasteiger charge is -2.08. The fourth-order valence-electron chi connectivity index (χ4n) is 1.73. The highest BCUT2D eigenvalue weighted by molar-refractivity contribution is 5.86. The summed E-state index contributed by atoms with van der Waals surface area (Å²) >= 11 is 0. The average Bonchev–Trinajstić information content (AvgIpc) is 2.88. The Kier molecular flexibility index (Phi) is 3.79. The maximum atomic E-state index is 11.3. The smallest absolute Gasteiger partial charge is 0.373 e. The van der Waals surface area contributed by atoms with Crippen molar-refractivity contribution in [1.29, 1.82) is 0 Å². The van der Waals surface area contributed by atoms with E-state index in [1.807, 2.05) is 30.3 Å². The van der Waals surface area contributed by atoms with Crippen LogP contribution in [0.25, 0.3) is 0 Å². The van der Waals surface area contributed by atoms with Gasteiger partial charge < -0.3 is 14.9 Å². The van der Waals surface area contributed by atoms with Gasteiger partial charge in [0, 0.05) is 0 Å². The van der Waals surface area contributed by atoms with Gasteiger partial charge in [0.25, 0.3) is 0 Å². The number of methoxy groups -OCH3 is 1. The second-order valence-corrected chi connectivity index (χ2v) is 3.99. The molecule has 1 aromatic carbocycles. The van der Waals surface area contributed by atoms with Crippen LogP contribution in [0.3, 0.4) is 0 Å². The summed E-state index contributed by atoms with van der Waals surface area (Å²) in [5, 5.41) is 0. The van der Waals surface area contributed by atoms with E-state index in [1.165, 1.54) is 7.11 Å². The largest absolute Gasteiger partial charge is 0.463 e. The van der Waals surface area contributed by atoms with Crippen molar-refractivity contribution in [1.82, 2.24) is 0 Å². The fraction of sp³-hybridized carbons (Fsp3) is 0.214. The topological polar surface area (TPSA) is 65.5 Å². The van der Waals surface area contributed by atoms with E-state index in [9.17, 15) is 4.79 Å². The molecule has 4 heteroatoms. The standard InChI is InChI=1S/C14H15NO3/c1-17-14(16)13-8-7-12(18-13)11(15)9-10-5-3-2-4-6-10/h2-8,11H,9,15H2,1H3/t11-/m1/s1. The van der Waals surface area contributed by atoms with E-state index < -0.39 is 5.97 Å². The molecule has 0 radical (unpaired) electrons. The van der Waals surface area contributed by atoms with E-state index in [4.69, 9.17) is 10.2 Å². The molecule has 0 aliphatic rings. The van der Waals surface area contributed by atoms with Crippen LogP contribution in [0, 0.1) is 0 Å². The van der Waals surface area contributed by atoms with Crippen molar-refractivity contribution in [2.45, 2.75) is 12.5 Å². The van der Waals surface area contributed by atoms with Crippen LogP contribution < -0.4 is 5.73 Å². The summed E-state index contributed by atoms with van der Waals surface area (Å²) in [5.41, 5.74) is 7.16. The molecule has 1 heterocycles. The summed E-state index contributed by atoms with van der Waals surface area (Å²) in [4.78, 5) is 11.3. The molecule has 4 nitrogen and oxygen atoms in total. The van der Waals surface area contributed by atoms with Gasteiger partial charge in [0.05, 0.1) is 13.2 Å². The van der Waals surface area contributed by atoms with E-state index >= 15 is 0 Å². The van der Waals surface area contributed by atoms with Crippen LogP contribution in [-0.2, 0) is 11.2 Å². The third-order valence-electron chi connectivity index (χ3n) is 2.68. The Balaban J connectivity index is 2.07. The molecule has 94 valence electrons. The van der Waals surface area contributed by atoms with Crippen molar-refractivity contribution < 1.29 is 13.9 Å². The van der Waals surface area contributed by atoms with Gasteiger partial charge in [-0.3, -0.25) is 0 Å². The van der Waals surface area contributed by atoms with Gasteiger partial charge in [0.2, 0.25) is 5.76 Å². The van der Waals surface area contributed by atoms with E-state index in [-0.39, 0.29) is 11.8 Å². The molecule has 2 aromatic rings. The molecule has 0 aliphatic heterocycles. The summed E-state index contributed by atoms with van der Waals surface area (Å²) in [7, 11) is 1.31. The van der Waals surface area contributed by atoms with Gasteiger partial charge in [-0.2, -0.15) is 0 Å². The van der Waals surface area contributed by atoms with Gasteiger partial charge in [0.1, 0.15) is 5.76 Å². The van der Waals surface area contributed by atoms with Crippen LogP contribution in [0.15, 0.2) is 46.9 Å². The molecule has 1 aromatic heterocycles. The number of benzene rings is 1. The first-order valence-electron chi connectivity index (χ1n) is 5.68. The minimum Gasteiger partial charge on any atom is -0.463 e. The van der Waals surface area contributed by atoms with Gasteiger partial charge in [-0.15, -0.1) is 0 Å². The predicted octanol–water partition coefficient (Wildman–Crippen LogP) is 2.31. The molecule has 0 spiro atoms. The zero-order valence-corrected chi connectivity index (χ0v) is 10.1. The molecule has 2 rings (SSSR count). The van der Waals surface area contributed by atoms with Gasteiger partial charge in [0.15, 0.2) is 0 Å². The molecular formula is C14H15NO3. The lowest BCUT2D eigenvalue weighted by Crippen LogP contribution is -2.12. The van der Waals surface area contributed by atoms with Gasteiger partial charge in [-0.05, 0) is 24.1 Å². The second kappa shape index (κ2) is 5.51. The molecule has 0 bridgehead atoms. The highest BCUT2D eigenvalue weighted by Crippen LogP contribution is 2.19. The fourth-order valence-corrected chi connectivity index (χ4v) is 1.73. The summed E-state index contributed by atoms with van der Waals surface area (Å²) in [6, 6.07) is 12.9. The number of furan rings is 1. The molecule has 0 unspecified atom stereocenters. The lowest BCUT2D eigenvalue weighted by atomic mass is 10.1. The quantitative estimate of drug-likeness (QED) is 0.839. The first kappa shape index (κ1) is 12.4. The molecule has 0 amide bonds. The third kappa shape index (κ3) is 2.78. The lowest BCUT2D eigenvalue weighted by molar-refractivity contribution is 0.0562. The van der Waals surface area contributed by atoms with E-state index in [0.717, 1.165) is 5.56 Å². The van der Waals surface area contributed by atoms with Crippen LogP contribution in [0.1, 0.15) is 27.9 Å². The molecule has 2 N–H and O–H groups in total. The SMILES string of the molecule is COC(=O)c1ccc([C@H](N)Cc2ccccc2)o1. The number of nitrogens with two attached hydrogens (primary N) is 1. The number of hydrogen-bond donors (Lipinski definition) is 1. The maximum absolute atomic E-state index is 11.3. The Morgan fingerprint density at radius 1 is 1.28 bits per heavy atom. The van der Waals surface area contributed by atoms with Crippen LogP contribution in [0.2, 0.25) is 0 Å². The normalized spacial score (nSPS) is 12.1. The van der Waals surface area contributed by atoms with Crippen molar-refractivity contribution in [2.24, 2.45) is 5.73 Å². The number of hydrogen-bond acceptors (Lipinski definition) is 4. The van der Waals surface area contributed by atoms with Crippen molar-refractivity contribution in [3.8, 4) is 0 Å². The minimum absolute atomic E-state index is 0.177. The summed E-state index contributed by atoms with van der Waals surface area (Å²) in [6.07, 6.45) is 0.662. The Bertz CT molecular complexity index is 519. The zero-order chi connectivity index (χ0) is 13.0. The highest BCUT2D eigenvalue weighted by atomic mass is 16.5. The highest BCUT2D eigenvalue weighted by Gasteiger charge is 2.15. The van der Waals surface area contributed by atoms with E-state index in [0.29, 0.717) is 12.2 Å². The van der Waals surface area contributed by atoms with E-state index in [1.54, 1.807) is 12.1 Å². The van der Waals surface area contributed by atoms with Crippen LogP contribution in [0.5, 0.6) is 0 Å². The Labute approximate surface area is 105 Å². The Morgan fingerprint density at radius 3 is 2.67 bits per heavy atom.